The number of carbonyl (C=O) groups is 1. The normalized spacial score (nSPS) is 12.9. The van der Waals surface area contributed by atoms with E-state index in [9.17, 15) is 4.79 Å². The second kappa shape index (κ2) is 10.6. The van der Waals surface area contributed by atoms with Gasteiger partial charge in [0.2, 0.25) is 0 Å². The third-order valence-corrected chi connectivity index (χ3v) is 5.87. The van der Waals surface area contributed by atoms with Gasteiger partial charge in [0.25, 0.3) is 0 Å². The summed E-state index contributed by atoms with van der Waals surface area (Å²) in [5.41, 5.74) is 2.42. The Bertz CT molecular complexity index is 1210. The van der Waals surface area contributed by atoms with Crippen molar-refractivity contribution in [3.8, 4) is 11.1 Å². The van der Waals surface area contributed by atoms with E-state index in [-0.39, 0.29) is 12.3 Å². The van der Waals surface area contributed by atoms with E-state index in [2.05, 4.69) is 15.6 Å². The smallest absolute Gasteiger partial charge is 0.334 e. The first-order valence-corrected chi connectivity index (χ1v) is 11.6. The van der Waals surface area contributed by atoms with Crippen LogP contribution in [0.1, 0.15) is 6.92 Å². The van der Waals surface area contributed by atoms with Crippen LogP contribution in [0.3, 0.4) is 0 Å². The quantitative estimate of drug-likeness (QED) is 0.364. The van der Waals surface area contributed by atoms with Crippen molar-refractivity contribution in [3.63, 3.8) is 0 Å². The van der Waals surface area contributed by atoms with Crippen molar-refractivity contribution in [2.75, 3.05) is 47.9 Å². The Kier molecular flexibility index (Phi) is 7.53. The first-order chi connectivity index (χ1) is 16.4. The minimum Gasteiger partial charge on any atom is -0.395 e. The minimum atomic E-state index is -0.569. The molecule has 0 saturated carbocycles. The summed E-state index contributed by atoms with van der Waals surface area (Å²) >= 11 is 12.5. The fourth-order valence-electron chi connectivity index (χ4n) is 3.89. The molecule has 2 amide bonds. The van der Waals surface area contributed by atoms with Gasteiger partial charge in [-0.05, 0) is 43.3 Å². The van der Waals surface area contributed by atoms with Crippen molar-refractivity contribution < 1.29 is 14.3 Å². The van der Waals surface area contributed by atoms with Crippen LogP contribution in [-0.4, -0.2) is 48.9 Å². The number of urea groups is 1. The fraction of sp³-hybridized carbons (Fsp3) is 0.250. The third kappa shape index (κ3) is 4.81. The molecular formula is C24H24Cl2FN5O2. The number of nitrogens with one attached hydrogen (secondary N) is 2. The van der Waals surface area contributed by atoms with Gasteiger partial charge >= 0.3 is 6.03 Å². The van der Waals surface area contributed by atoms with Gasteiger partial charge in [0.1, 0.15) is 11.6 Å². The zero-order valence-electron chi connectivity index (χ0n) is 18.5. The summed E-state index contributed by atoms with van der Waals surface area (Å²) in [5, 5.41) is 15.8. The summed E-state index contributed by atoms with van der Waals surface area (Å²) in [7, 11) is 0. The van der Waals surface area contributed by atoms with Crippen molar-refractivity contribution in [2.24, 2.45) is 0 Å². The lowest BCUT2D eigenvalue weighted by Gasteiger charge is -2.28. The summed E-state index contributed by atoms with van der Waals surface area (Å²) in [6.07, 6.45) is 1.48. The number of rotatable bonds is 8. The molecule has 10 heteroatoms. The van der Waals surface area contributed by atoms with E-state index >= 15 is 4.39 Å². The maximum absolute atomic E-state index is 15.4. The van der Waals surface area contributed by atoms with E-state index in [1.165, 1.54) is 22.1 Å². The summed E-state index contributed by atoms with van der Waals surface area (Å²) in [5.74, 6) is -0.127. The number of pyridine rings is 1. The summed E-state index contributed by atoms with van der Waals surface area (Å²) in [6, 6.07) is 11.0. The second-order valence-electron chi connectivity index (χ2n) is 7.61. The molecule has 0 radical (unpaired) electrons. The largest absolute Gasteiger partial charge is 0.395 e. The number of aliphatic hydroxyl groups excluding tert-OH is 1. The summed E-state index contributed by atoms with van der Waals surface area (Å²) < 4.78 is 15.4. The number of aromatic nitrogens is 1. The highest BCUT2D eigenvalue weighted by atomic mass is 35.5. The number of aliphatic hydroxyl groups is 1. The monoisotopic (exact) mass is 503 g/mol. The number of amides is 2. The average Bonchev–Trinajstić information content (AvgIpc) is 2.91. The van der Waals surface area contributed by atoms with Crippen molar-refractivity contribution >= 4 is 52.1 Å². The molecule has 0 atom stereocenters. The van der Waals surface area contributed by atoms with E-state index < -0.39 is 11.8 Å². The Morgan fingerprint density at radius 2 is 1.82 bits per heavy atom. The molecule has 0 spiro atoms. The van der Waals surface area contributed by atoms with Crippen LogP contribution in [0.25, 0.3) is 11.1 Å². The van der Waals surface area contributed by atoms with E-state index in [4.69, 9.17) is 28.3 Å². The molecule has 1 aliphatic heterocycles. The highest BCUT2D eigenvalue weighted by molar-refractivity contribution is 6.32. The first kappa shape index (κ1) is 24.2. The van der Waals surface area contributed by atoms with Crippen LogP contribution in [-0.2, 0) is 0 Å². The van der Waals surface area contributed by atoms with Gasteiger partial charge in [0, 0.05) is 54.2 Å². The number of halogens is 3. The molecule has 4 rings (SSSR count). The van der Waals surface area contributed by atoms with Crippen LogP contribution >= 0.6 is 23.2 Å². The van der Waals surface area contributed by atoms with Crippen molar-refractivity contribution in [1.82, 2.24) is 10.3 Å². The van der Waals surface area contributed by atoms with E-state index in [0.29, 0.717) is 64.5 Å². The van der Waals surface area contributed by atoms with E-state index in [1.807, 2.05) is 6.92 Å². The topological polar surface area (TPSA) is 80.7 Å². The molecule has 3 N–H and O–H groups in total. The molecule has 0 fully saturated rings. The molecule has 7 nitrogen and oxygen atoms in total. The van der Waals surface area contributed by atoms with Crippen LogP contribution in [0.15, 0.2) is 48.7 Å². The summed E-state index contributed by atoms with van der Waals surface area (Å²) in [6.45, 7) is 3.85. The molecule has 34 heavy (non-hydrogen) atoms. The number of hydrogen-bond donors (Lipinski definition) is 3. The van der Waals surface area contributed by atoms with Crippen molar-refractivity contribution in [2.45, 2.75) is 6.92 Å². The van der Waals surface area contributed by atoms with Crippen LogP contribution in [0, 0.1) is 5.82 Å². The minimum absolute atomic E-state index is 0.0546. The van der Waals surface area contributed by atoms with Gasteiger partial charge in [0.15, 0.2) is 0 Å². The second-order valence-corrected chi connectivity index (χ2v) is 8.49. The molecule has 0 unspecified atom stereocenters. The van der Waals surface area contributed by atoms with Gasteiger partial charge in [-0.3, -0.25) is 9.80 Å². The molecular weight excluding hydrogens is 480 g/mol. The number of nitrogens with zero attached hydrogens (tertiary/aromatic N) is 3. The Morgan fingerprint density at radius 3 is 2.56 bits per heavy atom. The predicted octanol–water partition coefficient (Wildman–Crippen LogP) is 5.29. The van der Waals surface area contributed by atoms with E-state index in [0.717, 1.165) is 0 Å². The van der Waals surface area contributed by atoms with Gasteiger partial charge < -0.3 is 15.7 Å². The van der Waals surface area contributed by atoms with Crippen LogP contribution in [0.4, 0.5) is 32.1 Å². The van der Waals surface area contributed by atoms with Gasteiger partial charge in [-0.2, -0.15) is 0 Å². The van der Waals surface area contributed by atoms with Gasteiger partial charge in [0.05, 0.1) is 23.0 Å². The molecule has 0 saturated heterocycles. The molecule has 1 aliphatic rings. The molecule has 2 aromatic carbocycles. The zero-order valence-corrected chi connectivity index (χ0v) is 20.0. The maximum Gasteiger partial charge on any atom is 0.334 e. The highest BCUT2D eigenvalue weighted by Gasteiger charge is 2.34. The molecule has 2 heterocycles. The van der Waals surface area contributed by atoms with Crippen LogP contribution in [0.2, 0.25) is 10.0 Å². The molecule has 178 valence electrons. The predicted molar refractivity (Wildman–Crippen MR) is 135 cm³/mol. The van der Waals surface area contributed by atoms with E-state index in [1.54, 1.807) is 36.4 Å². The molecule has 1 aromatic heterocycles. The molecule has 0 bridgehead atoms. The number of fused-ring (bicyclic) bond motifs is 3. The van der Waals surface area contributed by atoms with Gasteiger partial charge in [-0.1, -0.05) is 29.3 Å². The number of hydrogen-bond acceptors (Lipinski definition) is 5. The Balaban J connectivity index is 1.77. The van der Waals surface area contributed by atoms with Crippen molar-refractivity contribution in [3.05, 3.63) is 64.5 Å². The lowest BCUT2D eigenvalue weighted by atomic mass is 10.0. The number of carbonyl (C=O) groups excluding carboxylic acids is 1. The van der Waals surface area contributed by atoms with Crippen molar-refractivity contribution in [1.29, 1.82) is 0 Å². The molecule has 3 aromatic rings. The average molecular weight is 504 g/mol. The Hall–Kier alpha value is -2.91. The van der Waals surface area contributed by atoms with Crippen LogP contribution in [0.5, 0.6) is 0 Å². The molecule has 0 aliphatic carbocycles. The lowest BCUT2D eigenvalue weighted by molar-refractivity contribution is 0.253. The fourth-order valence-corrected chi connectivity index (χ4v) is 4.22. The zero-order chi connectivity index (χ0) is 24.2. The third-order valence-electron chi connectivity index (χ3n) is 5.43. The standard InChI is InChI=1S/C24H24Cl2FN5O2/c1-2-31-23-19(11-16(26)14-30-23)18-5-3-15(25)12-22(18)32(24(31)34)21-6-4-17(13-20(21)27)29-8-7-28-9-10-33/h3-6,11-14,28-29,33H,2,7-10H2,1H3. The number of benzene rings is 2. The number of anilines is 4. The Morgan fingerprint density at radius 1 is 1.00 bits per heavy atom. The van der Waals surface area contributed by atoms with Gasteiger partial charge in [-0.25, -0.2) is 14.2 Å². The summed E-state index contributed by atoms with van der Waals surface area (Å²) in [4.78, 5) is 20.9. The van der Waals surface area contributed by atoms with Crippen LogP contribution < -0.4 is 20.4 Å². The van der Waals surface area contributed by atoms with Gasteiger partial charge in [-0.15, -0.1) is 0 Å². The first-order valence-electron chi connectivity index (χ1n) is 10.9. The Labute approximate surface area is 207 Å². The SMILES string of the molecule is CCN1C(=O)N(c2ccc(NCCNCCO)cc2F)c2cc(Cl)ccc2-c2cc(Cl)cnc21. The highest BCUT2D eigenvalue weighted by Crippen LogP contribution is 2.45. The maximum atomic E-state index is 15.4. The lowest BCUT2D eigenvalue weighted by Crippen LogP contribution is -2.41.